The van der Waals surface area contributed by atoms with E-state index in [1.165, 1.54) is 0 Å². The lowest BCUT2D eigenvalue weighted by Crippen LogP contribution is -2.42. The van der Waals surface area contributed by atoms with Gasteiger partial charge in [0.15, 0.2) is 9.84 Å². The number of sulfone groups is 1. The molecule has 5 heteroatoms. The summed E-state index contributed by atoms with van der Waals surface area (Å²) >= 11 is 0. The maximum atomic E-state index is 12.1. The van der Waals surface area contributed by atoms with Crippen molar-refractivity contribution in [3.63, 3.8) is 0 Å². The number of rotatable bonds is 5. The van der Waals surface area contributed by atoms with Crippen LogP contribution in [-0.2, 0) is 14.6 Å². The summed E-state index contributed by atoms with van der Waals surface area (Å²) in [4.78, 5) is 13.7. The van der Waals surface area contributed by atoms with Crippen LogP contribution in [0.4, 0.5) is 0 Å². The average molecular weight is 261 g/mol. The van der Waals surface area contributed by atoms with E-state index in [0.717, 1.165) is 25.7 Å². The molecule has 0 aromatic rings. The number of nitrogens with zero attached hydrogens (tertiary/aromatic N) is 1. The smallest absolute Gasteiger partial charge is 0.225 e. The van der Waals surface area contributed by atoms with Crippen molar-refractivity contribution in [2.75, 3.05) is 18.6 Å². The summed E-state index contributed by atoms with van der Waals surface area (Å²) in [5, 5.41) is 0. The molecule has 100 valence electrons. The molecule has 0 N–H and O–H groups in total. The van der Waals surface area contributed by atoms with E-state index < -0.39 is 9.84 Å². The van der Waals surface area contributed by atoms with Gasteiger partial charge in [0, 0.05) is 24.8 Å². The van der Waals surface area contributed by atoms with Gasteiger partial charge in [-0.2, -0.15) is 0 Å². The first-order valence-corrected chi connectivity index (χ1v) is 8.16. The topological polar surface area (TPSA) is 54.5 Å². The van der Waals surface area contributed by atoms with Crippen molar-refractivity contribution in [2.45, 2.75) is 45.6 Å². The third-order valence-electron chi connectivity index (χ3n) is 3.65. The van der Waals surface area contributed by atoms with Crippen molar-refractivity contribution in [1.29, 1.82) is 0 Å². The van der Waals surface area contributed by atoms with E-state index in [9.17, 15) is 13.2 Å². The molecule has 0 aliphatic heterocycles. The van der Waals surface area contributed by atoms with Crippen LogP contribution in [0.1, 0.15) is 39.5 Å². The Morgan fingerprint density at radius 1 is 1.35 bits per heavy atom. The van der Waals surface area contributed by atoms with Crippen LogP contribution in [-0.4, -0.2) is 43.8 Å². The van der Waals surface area contributed by atoms with Gasteiger partial charge in [0.05, 0.1) is 5.75 Å². The number of hydrogen-bond donors (Lipinski definition) is 0. The molecule has 0 spiro atoms. The van der Waals surface area contributed by atoms with Crippen molar-refractivity contribution in [1.82, 2.24) is 4.90 Å². The van der Waals surface area contributed by atoms with E-state index in [0.29, 0.717) is 0 Å². The molecule has 1 atom stereocenters. The molecule has 0 unspecified atom stereocenters. The van der Waals surface area contributed by atoms with Crippen LogP contribution in [0.15, 0.2) is 0 Å². The fraction of sp³-hybridized carbons (Fsp3) is 0.917. The third kappa shape index (κ3) is 3.98. The summed E-state index contributed by atoms with van der Waals surface area (Å²) in [5.41, 5.74) is 0. The highest BCUT2D eigenvalue weighted by Gasteiger charge is 2.29. The van der Waals surface area contributed by atoms with Crippen molar-refractivity contribution in [3.05, 3.63) is 0 Å². The first-order valence-electron chi connectivity index (χ1n) is 6.34. The SMILES string of the molecule is CCS(=O)(=O)C[C@@H](C)N(C)C(=O)C1CCCC1. The number of hydrogen-bond acceptors (Lipinski definition) is 3. The van der Waals surface area contributed by atoms with Crippen LogP contribution in [0.2, 0.25) is 0 Å². The zero-order valence-electron chi connectivity index (χ0n) is 11.0. The standard InChI is InChI=1S/C12H23NO3S/c1-4-17(15,16)9-10(2)13(3)12(14)11-7-5-6-8-11/h10-11H,4-9H2,1-3H3/t10-/m1/s1. The molecular weight excluding hydrogens is 238 g/mol. The second-order valence-electron chi connectivity index (χ2n) is 4.98. The Morgan fingerprint density at radius 2 is 1.88 bits per heavy atom. The van der Waals surface area contributed by atoms with Crippen molar-refractivity contribution >= 4 is 15.7 Å². The zero-order chi connectivity index (χ0) is 13.1. The minimum absolute atomic E-state index is 0.0679. The zero-order valence-corrected chi connectivity index (χ0v) is 11.8. The van der Waals surface area contributed by atoms with Crippen LogP contribution in [0, 0.1) is 5.92 Å². The molecule has 1 amide bonds. The highest BCUT2D eigenvalue weighted by atomic mass is 32.2. The van der Waals surface area contributed by atoms with Crippen molar-refractivity contribution in [3.8, 4) is 0 Å². The molecule has 1 rings (SSSR count). The molecule has 4 nitrogen and oxygen atoms in total. The van der Waals surface area contributed by atoms with Gasteiger partial charge >= 0.3 is 0 Å². The molecule has 1 fully saturated rings. The molecule has 17 heavy (non-hydrogen) atoms. The Bertz CT molecular complexity index is 358. The molecule has 1 aliphatic rings. The van der Waals surface area contributed by atoms with Crippen LogP contribution >= 0.6 is 0 Å². The maximum absolute atomic E-state index is 12.1. The minimum atomic E-state index is -3.01. The van der Waals surface area contributed by atoms with Crippen LogP contribution in [0.5, 0.6) is 0 Å². The maximum Gasteiger partial charge on any atom is 0.225 e. The molecular formula is C12H23NO3S. The summed E-state index contributed by atoms with van der Waals surface area (Å²) in [6, 6.07) is -0.229. The molecule has 0 heterocycles. The number of carbonyl (C=O) groups is 1. The van der Waals surface area contributed by atoms with E-state index in [4.69, 9.17) is 0 Å². The van der Waals surface area contributed by atoms with E-state index in [-0.39, 0.29) is 29.4 Å². The Labute approximate surface area is 104 Å². The molecule has 0 radical (unpaired) electrons. The van der Waals surface area contributed by atoms with Gasteiger partial charge < -0.3 is 4.90 Å². The Kier molecular flexibility index (Phi) is 4.98. The first-order chi connectivity index (χ1) is 7.87. The lowest BCUT2D eigenvalue weighted by Gasteiger charge is -2.27. The monoisotopic (exact) mass is 261 g/mol. The second kappa shape index (κ2) is 5.85. The molecule has 0 saturated heterocycles. The van der Waals surface area contributed by atoms with Crippen LogP contribution in [0.25, 0.3) is 0 Å². The highest BCUT2D eigenvalue weighted by Crippen LogP contribution is 2.26. The van der Waals surface area contributed by atoms with Crippen molar-refractivity contribution in [2.24, 2.45) is 5.92 Å². The second-order valence-corrected chi connectivity index (χ2v) is 7.38. The van der Waals surface area contributed by atoms with Crippen LogP contribution in [0.3, 0.4) is 0 Å². The van der Waals surface area contributed by atoms with Gasteiger partial charge in [-0.25, -0.2) is 8.42 Å². The molecule has 0 bridgehead atoms. The van der Waals surface area contributed by atoms with Gasteiger partial charge in [0.1, 0.15) is 0 Å². The van der Waals surface area contributed by atoms with Crippen molar-refractivity contribution < 1.29 is 13.2 Å². The van der Waals surface area contributed by atoms with Gasteiger partial charge in [-0.3, -0.25) is 4.79 Å². The predicted molar refractivity (Wildman–Crippen MR) is 68.5 cm³/mol. The fourth-order valence-electron chi connectivity index (χ4n) is 2.28. The summed E-state index contributed by atoms with van der Waals surface area (Å²) in [5.74, 6) is 0.439. The van der Waals surface area contributed by atoms with E-state index in [1.807, 2.05) is 0 Å². The predicted octanol–water partition coefficient (Wildman–Crippen LogP) is 1.46. The molecule has 0 aromatic carbocycles. The summed E-state index contributed by atoms with van der Waals surface area (Å²) in [6.45, 7) is 3.45. The van der Waals surface area contributed by atoms with E-state index in [1.54, 1.807) is 25.8 Å². The third-order valence-corrected chi connectivity index (χ3v) is 5.52. The molecule has 0 aromatic heterocycles. The van der Waals surface area contributed by atoms with Gasteiger partial charge in [0.2, 0.25) is 5.91 Å². The largest absolute Gasteiger partial charge is 0.342 e. The Morgan fingerprint density at radius 3 is 2.35 bits per heavy atom. The quantitative estimate of drug-likeness (QED) is 0.753. The number of carbonyl (C=O) groups excluding carboxylic acids is 1. The van der Waals surface area contributed by atoms with Crippen LogP contribution < -0.4 is 0 Å². The van der Waals surface area contributed by atoms with Gasteiger partial charge in [-0.15, -0.1) is 0 Å². The molecule has 1 aliphatic carbocycles. The van der Waals surface area contributed by atoms with Gasteiger partial charge in [-0.05, 0) is 19.8 Å². The first kappa shape index (κ1) is 14.5. The lowest BCUT2D eigenvalue weighted by molar-refractivity contribution is -0.135. The highest BCUT2D eigenvalue weighted by molar-refractivity contribution is 7.91. The fourth-order valence-corrected chi connectivity index (χ4v) is 3.47. The normalized spacial score (nSPS) is 19.2. The summed E-state index contributed by atoms with van der Waals surface area (Å²) in [7, 11) is -1.30. The summed E-state index contributed by atoms with van der Waals surface area (Å²) < 4.78 is 23.0. The lowest BCUT2D eigenvalue weighted by atomic mass is 10.1. The Hall–Kier alpha value is -0.580. The minimum Gasteiger partial charge on any atom is -0.342 e. The van der Waals surface area contributed by atoms with Gasteiger partial charge in [0.25, 0.3) is 0 Å². The van der Waals surface area contributed by atoms with Gasteiger partial charge in [-0.1, -0.05) is 19.8 Å². The Balaban J connectivity index is 2.56. The summed E-state index contributed by atoms with van der Waals surface area (Å²) in [6.07, 6.45) is 4.14. The average Bonchev–Trinajstić information content (AvgIpc) is 2.80. The van der Waals surface area contributed by atoms with E-state index in [2.05, 4.69) is 0 Å². The van der Waals surface area contributed by atoms with E-state index >= 15 is 0 Å². The molecule has 1 saturated carbocycles. The number of amides is 1.